The Morgan fingerprint density at radius 1 is 1.47 bits per heavy atom. The summed E-state index contributed by atoms with van der Waals surface area (Å²) in [6.07, 6.45) is 0.912. The predicted octanol–water partition coefficient (Wildman–Crippen LogP) is 3.26. The van der Waals surface area contributed by atoms with Gasteiger partial charge < -0.3 is 10.2 Å². The van der Waals surface area contributed by atoms with Crippen LogP contribution >= 0.6 is 11.3 Å². The Labute approximate surface area is 93.7 Å². The Hall–Kier alpha value is -1.06. The van der Waals surface area contributed by atoms with E-state index in [-0.39, 0.29) is 6.04 Å². The fourth-order valence-corrected chi connectivity index (χ4v) is 2.28. The van der Waals surface area contributed by atoms with E-state index in [1.807, 2.05) is 12.1 Å². The van der Waals surface area contributed by atoms with E-state index < -0.39 is 0 Å². The second-order valence-electron chi connectivity index (χ2n) is 3.63. The maximum atomic E-state index is 6.11. The van der Waals surface area contributed by atoms with Crippen molar-refractivity contribution in [1.82, 2.24) is 0 Å². The van der Waals surface area contributed by atoms with Crippen LogP contribution in [0.2, 0.25) is 0 Å². The average Bonchev–Trinajstić information content (AvgIpc) is 2.84. The third-order valence-electron chi connectivity index (χ3n) is 2.45. The summed E-state index contributed by atoms with van der Waals surface area (Å²) in [5.41, 5.74) is 7.24. The SMILES string of the molecule is CCc1ccc(C(N)c2csc(C)c2)o1. The number of aryl methyl sites for hydroxylation is 2. The van der Waals surface area contributed by atoms with Crippen LogP contribution in [0.3, 0.4) is 0 Å². The molecule has 1 unspecified atom stereocenters. The smallest absolute Gasteiger partial charge is 0.125 e. The third-order valence-corrected chi connectivity index (χ3v) is 3.33. The normalized spacial score (nSPS) is 13.0. The molecule has 0 fully saturated rings. The molecule has 0 radical (unpaired) electrons. The highest BCUT2D eigenvalue weighted by atomic mass is 32.1. The van der Waals surface area contributed by atoms with Gasteiger partial charge in [-0.1, -0.05) is 6.92 Å². The Balaban J connectivity index is 2.23. The lowest BCUT2D eigenvalue weighted by atomic mass is 10.1. The minimum absolute atomic E-state index is 0.129. The largest absolute Gasteiger partial charge is 0.464 e. The third kappa shape index (κ3) is 2.13. The van der Waals surface area contributed by atoms with Gasteiger partial charge in [0.15, 0.2) is 0 Å². The van der Waals surface area contributed by atoms with E-state index in [1.165, 1.54) is 4.88 Å². The molecule has 2 heterocycles. The summed E-state index contributed by atoms with van der Waals surface area (Å²) in [5.74, 6) is 1.84. The molecule has 2 aromatic heterocycles. The molecule has 0 aromatic carbocycles. The second kappa shape index (κ2) is 4.21. The molecule has 2 N–H and O–H groups in total. The van der Waals surface area contributed by atoms with Crippen LogP contribution in [0.25, 0.3) is 0 Å². The van der Waals surface area contributed by atoms with Gasteiger partial charge in [0.25, 0.3) is 0 Å². The van der Waals surface area contributed by atoms with Gasteiger partial charge in [0.1, 0.15) is 11.5 Å². The summed E-state index contributed by atoms with van der Waals surface area (Å²) >= 11 is 1.72. The van der Waals surface area contributed by atoms with Crippen molar-refractivity contribution in [2.24, 2.45) is 5.73 Å². The molecule has 0 aliphatic heterocycles. The highest BCUT2D eigenvalue weighted by Gasteiger charge is 2.13. The van der Waals surface area contributed by atoms with Crippen LogP contribution in [0.1, 0.15) is 34.9 Å². The quantitative estimate of drug-likeness (QED) is 0.864. The fourth-order valence-electron chi connectivity index (χ4n) is 1.54. The number of hydrogen-bond donors (Lipinski definition) is 1. The van der Waals surface area contributed by atoms with Gasteiger partial charge in [-0.25, -0.2) is 0 Å². The lowest BCUT2D eigenvalue weighted by Gasteiger charge is -2.05. The first kappa shape index (κ1) is 10.5. The van der Waals surface area contributed by atoms with Crippen LogP contribution in [0, 0.1) is 6.92 Å². The molecule has 0 saturated heterocycles. The molecule has 0 saturated carbocycles. The number of nitrogens with two attached hydrogens (primary N) is 1. The molecule has 0 aliphatic rings. The van der Waals surface area contributed by atoms with Crippen molar-refractivity contribution in [2.75, 3.05) is 0 Å². The van der Waals surface area contributed by atoms with Crippen LogP contribution in [0.15, 0.2) is 28.0 Å². The number of furan rings is 1. The van der Waals surface area contributed by atoms with E-state index >= 15 is 0 Å². The Kier molecular flexibility index (Phi) is 2.93. The number of thiophene rings is 1. The minimum atomic E-state index is -0.129. The predicted molar refractivity (Wildman–Crippen MR) is 63.2 cm³/mol. The van der Waals surface area contributed by atoms with Gasteiger partial charge in [-0.15, -0.1) is 11.3 Å². The Bertz CT molecular complexity index is 444. The minimum Gasteiger partial charge on any atom is -0.464 e. The summed E-state index contributed by atoms with van der Waals surface area (Å²) in [5, 5.41) is 2.09. The molecule has 0 spiro atoms. The van der Waals surface area contributed by atoms with E-state index in [1.54, 1.807) is 11.3 Å². The lowest BCUT2D eigenvalue weighted by molar-refractivity contribution is 0.454. The van der Waals surface area contributed by atoms with Gasteiger partial charge in [-0.3, -0.25) is 0 Å². The molecule has 2 nitrogen and oxygen atoms in total. The van der Waals surface area contributed by atoms with Crippen LogP contribution in [0.5, 0.6) is 0 Å². The standard InChI is InChI=1S/C12H15NOS/c1-3-10-4-5-11(14-10)12(13)9-6-8(2)15-7-9/h4-7,12H,3,13H2,1-2H3. The van der Waals surface area contributed by atoms with Crippen LogP contribution in [-0.4, -0.2) is 0 Å². The molecule has 0 bridgehead atoms. The number of rotatable bonds is 3. The molecule has 3 heteroatoms. The van der Waals surface area contributed by atoms with Gasteiger partial charge in [0, 0.05) is 11.3 Å². The van der Waals surface area contributed by atoms with E-state index in [4.69, 9.17) is 10.2 Å². The van der Waals surface area contributed by atoms with E-state index in [0.717, 1.165) is 23.5 Å². The summed E-state index contributed by atoms with van der Waals surface area (Å²) in [6.45, 7) is 4.16. The zero-order chi connectivity index (χ0) is 10.8. The molecule has 2 aromatic rings. The van der Waals surface area contributed by atoms with E-state index in [2.05, 4.69) is 25.3 Å². The van der Waals surface area contributed by atoms with Crippen LogP contribution < -0.4 is 5.73 Å². The van der Waals surface area contributed by atoms with Gasteiger partial charge in [-0.05, 0) is 36.1 Å². The first-order valence-corrected chi connectivity index (χ1v) is 5.98. The van der Waals surface area contributed by atoms with Crippen molar-refractivity contribution in [1.29, 1.82) is 0 Å². The van der Waals surface area contributed by atoms with Gasteiger partial charge in [0.05, 0.1) is 6.04 Å². The Morgan fingerprint density at radius 3 is 2.80 bits per heavy atom. The van der Waals surface area contributed by atoms with Crippen LogP contribution in [0.4, 0.5) is 0 Å². The first-order valence-electron chi connectivity index (χ1n) is 5.10. The molecule has 80 valence electrons. The van der Waals surface area contributed by atoms with Gasteiger partial charge in [-0.2, -0.15) is 0 Å². The zero-order valence-electron chi connectivity index (χ0n) is 8.99. The van der Waals surface area contributed by atoms with Crippen molar-refractivity contribution >= 4 is 11.3 Å². The van der Waals surface area contributed by atoms with E-state index in [9.17, 15) is 0 Å². The number of hydrogen-bond acceptors (Lipinski definition) is 3. The van der Waals surface area contributed by atoms with Crippen molar-refractivity contribution in [2.45, 2.75) is 26.3 Å². The maximum Gasteiger partial charge on any atom is 0.125 e. The summed E-state index contributed by atoms with van der Waals surface area (Å²) in [4.78, 5) is 1.28. The maximum absolute atomic E-state index is 6.11. The van der Waals surface area contributed by atoms with Crippen molar-refractivity contribution in [3.63, 3.8) is 0 Å². The molecular weight excluding hydrogens is 206 g/mol. The zero-order valence-corrected chi connectivity index (χ0v) is 9.80. The molecule has 0 amide bonds. The van der Waals surface area contributed by atoms with Gasteiger partial charge in [0.2, 0.25) is 0 Å². The monoisotopic (exact) mass is 221 g/mol. The second-order valence-corrected chi connectivity index (χ2v) is 4.74. The summed E-state index contributed by atoms with van der Waals surface area (Å²) in [6, 6.07) is 5.95. The molecule has 1 atom stereocenters. The first-order chi connectivity index (χ1) is 7.20. The van der Waals surface area contributed by atoms with Crippen molar-refractivity contribution in [3.8, 4) is 0 Å². The summed E-state index contributed by atoms with van der Waals surface area (Å²) < 4.78 is 5.64. The fraction of sp³-hybridized carbons (Fsp3) is 0.333. The average molecular weight is 221 g/mol. The molecule has 0 aliphatic carbocycles. The summed E-state index contributed by atoms with van der Waals surface area (Å²) in [7, 11) is 0. The molecular formula is C12H15NOS. The molecule has 15 heavy (non-hydrogen) atoms. The van der Waals surface area contributed by atoms with E-state index in [0.29, 0.717) is 0 Å². The molecule has 2 rings (SSSR count). The highest BCUT2D eigenvalue weighted by Crippen LogP contribution is 2.25. The highest BCUT2D eigenvalue weighted by molar-refractivity contribution is 7.10. The topological polar surface area (TPSA) is 39.2 Å². The van der Waals surface area contributed by atoms with Crippen LogP contribution in [-0.2, 0) is 6.42 Å². The van der Waals surface area contributed by atoms with Gasteiger partial charge >= 0.3 is 0 Å². The van der Waals surface area contributed by atoms with Crippen molar-refractivity contribution < 1.29 is 4.42 Å². The lowest BCUT2D eigenvalue weighted by Crippen LogP contribution is -2.09. The van der Waals surface area contributed by atoms with Crippen molar-refractivity contribution in [3.05, 3.63) is 45.5 Å². The Morgan fingerprint density at radius 2 is 2.27 bits per heavy atom.